The summed E-state index contributed by atoms with van der Waals surface area (Å²) < 4.78 is 7.50. The molecule has 1 aromatic heterocycles. The molecule has 0 radical (unpaired) electrons. The van der Waals surface area contributed by atoms with Gasteiger partial charge in [-0.05, 0) is 43.5 Å². The maximum atomic E-state index is 13.4. The Balaban J connectivity index is 1.42. The first kappa shape index (κ1) is 31.0. The molecule has 1 spiro atoms. The van der Waals surface area contributed by atoms with E-state index in [1.165, 1.54) is 19.1 Å². The molecule has 0 saturated heterocycles. The number of hydrogen-bond donors (Lipinski definition) is 5. The highest BCUT2D eigenvalue weighted by Crippen LogP contribution is 2.37. The number of amides is 4. The summed E-state index contributed by atoms with van der Waals surface area (Å²) >= 11 is 6.17. The Bertz CT molecular complexity index is 1530. The number of aliphatic hydroxyl groups is 1. The number of hydrogen-bond acceptors (Lipinski definition) is 8. The van der Waals surface area contributed by atoms with Crippen LogP contribution >= 0.6 is 11.6 Å². The molecule has 3 atom stereocenters. The molecule has 0 unspecified atom stereocenters. The SMILES string of the molecule is C[C@@H](O)[C@@H]1NC(=O)C2(CC2)NC(=O)c2ccc(Cl)cc2OCCCn2cc(nn2)CNC(=O)[C@H](Cc2ccccc2)NC1=O. The molecule has 4 amide bonds. The van der Waals surface area contributed by atoms with Crippen molar-refractivity contribution < 1.29 is 29.0 Å². The van der Waals surface area contributed by atoms with Crippen molar-refractivity contribution in [3.05, 3.63) is 76.6 Å². The molecule has 2 aromatic carbocycles. The Morgan fingerprint density at radius 1 is 1.09 bits per heavy atom. The van der Waals surface area contributed by atoms with E-state index in [1.807, 2.05) is 30.3 Å². The molecule has 2 bridgehead atoms. The van der Waals surface area contributed by atoms with E-state index < -0.39 is 47.4 Å². The van der Waals surface area contributed by atoms with Crippen LogP contribution in [0.1, 0.15) is 47.8 Å². The zero-order valence-electron chi connectivity index (χ0n) is 24.1. The highest BCUT2D eigenvalue weighted by molar-refractivity contribution is 6.30. The molecule has 2 aliphatic rings. The van der Waals surface area contributed by atoms with Gasteiger partial charge in [-0.3, -0.25) is 23.9 Å². The fraction of sp³-hybridized carbons (Fsp3) is 0.400. The number of carbonyl (C=O) groups is 4. The fourth-order valence-corrected chi connectivity index (χ4v) is 5.03. The van der Waals surface area contributed by atoms with Gasteiger partial charge in [0, 0.05) is 24.4 Å². The van der Waals surface area contributed by atoms with Gasteiger partial charge in [0.2, 0.25) is 17.7 Å². The number of fused-ring (bicyclic) bond motifs is 3. The molecule has 1 aliphatic carbocycles. The standard InChI is InChI=1S/C30H34ClN7O6/c1-18(39)25-28(42)33-23(14-19-6-3-2-4-7-19)27(41)32-16-21-17-38(37-36-21)12-5-13-44-24-15-20(31)8-9-22(24)26(40)35-30(10-11-30)29(43)34-25/h2-4,6-9,15,17-18,23,25,39H,5,10-14,16H2,1H3,(H,32,41)(H,33,42)(H,34,43)(H,35,40)/t18-,23+,25+/m1/s1. The van der Waals surface area contributed by atoms with Crippen LogP contribution in [0.5, 0.6) is 5.75 Å². The highest BCUT2D eigenvalue weighted by Gasteiger charge is 2.52. The summed E-state index contributed by atoms with van der Waals surface area (Å²) in [4.78, 5) is 53.5. The van der Waals surface area contributed by atoms with Crippen molar-refractivity contribution in [3.8, 4) is 5.75 Å². The minimum atomic E-state index is -1.40. The number of nitrogens with one attached hydrogen (secondary N) is 4. The van der Waals surface area contributed by atoms with Crippen LogP contribution in [0.3, 0.4) is 0 Å². The Kier molecular flexibility index (Phi) is 9.45. The summed E-state index contributed by atoms with van der Waals surface area (Å²) in [5, 5.41) is 29.9. The number of ether oxygens (including phenoxy) is 1. The summed E-state index contributed by atoms with van der Waals surface area (Å²) in [6.07, 6.45) is 1.75. The number of aromatic nitrogens is 3. The maximum Gasteiger partial charge on any atom is 0.255 e. The lowest BCUT2D eigenvalue weighted by molar-refractivity contribution is -0.135. The fourth-order valence-electron chi connectivity index (χ4n) is 4.87. The Morgan fingerprint density at radius 3 is 2.59 bits per heavy atom. The topological polar surface area (TPSA) is 177 Å². The lowest BCUT2D eigenvalue weighted by atomic mass is 10.0. The molecule has 14 heteroatoms. The van der Waals surface area contributed by atoms with Gasteiger partial charge in [0.25, 0.3) is 5.91 Å². The van der Waals surface area contributed by atoms with Crippen molar-refractivity contribution in [1.82, 2.24) is 36.3 Å². The summed E-state index contributed by atoms with van der Waals surface area (Å²) in [6.45, 7) is 2.12. The van der Waals surface area contributed by atoms with E-state index >= 15 is 0 Å². The molecule has 1 fully saturated rings. The van der Waals surface area contributed by atoms with Gasteiger partial charge in [-0.25, -0.2) is 0 Å². The third kappa shape index (κ3) is 7.53. The zero-order chi connectivity index (χ0) is 31.3. The maximum absolute atomic E-state index is 13.4. The van der Waals surface area contributed by atoms with Crippen molar-refractivity contribution >= 4 is 35.2 Å². The van der Waals surface area contributed by atoms with Crippen LogP contribution in [-0.4, -0.2) is 74.1 Å². The van der Waals surface area contributed by atoms with Crippen LogP contribution in [-0.2, 0) is 33.9 Å². The van der Waals surface area contributed by atoms with Gasteiger partial charge in [-0.15, -0.1) is 5.10 Å². The van der Waals surface area contributed by atoms with E-state index in [-0.39, 0.29) is 30.9 Å². The number of aliphatic hydroxyl groups excluding tert-OH is 1. The Labute approximate surface area is 258 Å². The molecular formula is C30H34ClN7O6. The van der Waals surface area contributed by atoms with Gasteiger partial charge in [-0.1, -0.05) is 47.1 Å². The van der Waals surface area contributed by atoms with E-state index in [0.717, 1.165) is 5.56 Å². The average Bonchev–Trinajstić information content (AvgIpc) is 3.64. The second-order valence-corrected chi connectivity index (χ2v) is 11.4. The number of nitrogens with zero attached hydrogens (tertiary/aromatic N) is 3. The summed E-state index contributed by atoms with van der Waals surface area (Å²) in [6, 6.07) is 11.3. The summed E-state index contributed by atoms with van der Waals surface area (Å²) in [5.74, 6) is -2.15. The summed E-state index contributed by atoms with van der Waals surface area (Å²) in [5.41, 5.74) is 0.226. The molecule has 5 N–H and O–H groups in total. The van der Waals surface area contributed by atoms with Gasteiger partial charge in [0.1, 0.15) is 29.1 Å². The predicted molar refractivity (Wildman–Crippen MR) is 159 cm³/mol. The van der Waals surface area contributed by atoms with Crippen LogP contribution < -0.4 is 26.0 Å². The van der Waals surface area contributed by atoms with E-state index in [2.05, 4.69) is 31.6 Å². The normalized spacial score (nSPS) is 21.8. The molecule has 5 rings (SSSR count). The summed E-state index contributed by atoms with van der Waals surface area (Å²) in [7, 11) is 0. The van der Waals surface area contributed by atoms with Crippen LogP contribution in [0.15, 0.2) is 54.7 Å². The van der Waals surface area contributed by atoms with Crippen molar-refractivity contribution in [2.24, 2.45) is 0 Å². The van der Waals surface area contributed by atoms with Gasteiger partial charge < -0.3 is 31.1 Å². The van der Waals surface area contributed by atoms with Crippen molar-refractivity contribution in [2.75, 3.05) is 6.61 Å². The monoisotopic (exact) mass is 623 g/mol. The largest absolute Gasteiger partial charge is 0.493 e. The van der Waals surface area contributed by atoms with E-state index in [1.54, 1.807) is 16.9 Å². The minimum Gasteiger partial charge on any atom is -0.493 e. The molecule has 232 valence electrons. The highest BCUT2D eigenvalue weighted by atomic mass is 35.5. The lowest BCUT2D eigenvalue weighted by Crippen LogP contribution is -2.60. The van der Waals surface area contributed by atoms with Crippen molar-refractivity contribution in [2.45, 2.75) is 69.4 Å². The molecule has 44 heavy (non-hydrogen) atoms. The number of carbonyl (C=O) groups excluding carboxylic acids is 4. The first-order valence-electron chi connectivity index (χ1n) is 14.4. The Hall–Kier alpha value is -4.49. The second kappa shape index (κ2) is 13.4. The molecule has 3 aromatic rings. The quantitative estimate of drug-likeness (QED) is 0.286. The van der Waals surface area contributed by atoms with Gasteiger partial charge in [0.15, 0.2) is 0 Å². The van der Waals surface area contributed by atoms with E-state index in [9.17, 15) is 24.3 Å². The molecule has 13 nitrogen and oxygen atoms in total. The van der Waals surface area contributed by atoms with E-state index in [0.29, 0.717) is 36.5 Å². The third-order valence-electron chi connectivity index (χ3n) is 7.51. The second-order valence-electron chi connectivity index (χ2n) is 11.0. The lowest BCUT2D eigenvalue weighted by Gasteiger charge is -2.27. The minimum absolute atomic E-state index is 0.0647. The smallest absolute Gasteiger partial charge is 0.255 e. The van der Waals surface area contributed by atoms with Crippen LogP contribution in [0.2, 0.25) is 5.02 Å². The number of aryl methyl sites for hydroxylation is 1. The van der Waals surface area contributed by atoms with Crippen molar-refractivity contribution in [3.63, 3.8) is 0 Å². The average molecular weight is 624 g/mol. The van der Waals surface area contributed by atoms with Gasteiger partial charge >= 0.3 is 0 Å². The molecule has 2 heterocycles. The van der Waals surface area contributed by atoms with E-state index in [4.69, 9.17) is 16.3 Å². The Morgan fingerprint density at radius 2 is 1.86 bits per heavy atom. The number of rotatable bonds is 3. The number of benzene rings is 2. The first-order chi connectivity index (χ1) is 21.1. The molecular weight excluding hydrogens is 590 g/mol. The van der Waals surface area contributed by atoms with Gasteiger partial charge in [0.05, 0.1) is 31.0 Å². The predicted octanol–water partition coefficient (Wildman–Crippen LogP) is 0.886. The zero-order valence-corrected chi connectivity index (χ0v) is 24.8. The molecule has 1 aliphatic heterocycles. The molecule has 1 saturated carbocycles. The van der Waals surface area contributed by atoms with Gasteiger partial charge in [-0.2, -0.15) is 0 Å². The number of halogens is 1. The third-order valence-corrected chi connectivity index (χ3v) is 7.75. The first-order valence-corrected chi connectivity index (χ1v) is 14.8. The van der Waals surface area contributed by atoms with Crippen LogP contribution in [0, 0.1) is 0 Å². The van der Waals surface area contributed by atoms with Crippen LogP contribution in [0.25, 0.3) is 0 Å². The van der Waals surface area contributed by atoms with Crippen LogP contribution in [0.4, 0.5) is 0 Å². The van der Waals surface area contributed by atoms with Crippen molar-refractivity contribution in [1.29, 1.82) is 0 Å².